The van der Waals surface area contributed by atoms with Crippen LogP contribution in [0.15, 0.2) is 18.2 Å². The summed E-state index contributed by atoms with van der Waals surface area (Å²) in [6.07, 6.45) is 0.324. The van der Waals surface area contributed by atoms with Crippen LogP contribution in [0.2, 0.25) is 0 Å². The van der Waals surface area contributed by atoms with Gasteiger partial charge in [0.25, 0.3) is 0 Å². The Hall–Kier alpha value is -1.91. The van der Waals surface area contributed by atoms with Crippen molar-refractivity contribution in [1.82, 2.24) is 0 Å². The number of methoxy groups -OCH3 is 1. The van der Waals surface area contributed by atoms with E-state index in [4.69, 9.17) is 15.2 Å². The lowest BCUT2D eigenvalue weighted by Gasteiger charge is -2.09. The predicted octanol–water partition coefficient (Wildman–Crippen LogP) is 1.64. The fourth-order valence-corrected chi connectivity index (χ4v) is 1.38. The summed E-state index contributed by atoms with van der Waals surface area (Å²) in [4.78, 5) is 11.1. The zero-order valence-electron chi connectivity index (χ0n) is 10.2. The molecule has 1 aromatic carbocycles. The van der Waals surface area contributed by atoms with Crippen LogP contribution in [-0.4, -0.2) is 26.2 Å². The number of hydrogen-bond donors (Lipinski definition) is 2. The van der Waals surface area contributed by atoms with E-state index in [1.165, 1.54) is 0 Å². The molecule has 0 aliphatic rings. The molecule has 17 heavy (non-hydrogen) atoms. The van der Waals surface area contributed by atoms with E-state index in [1.54, 1.807) is 26.2 Å². The lowest BCUT2D eigenvalue weighted by Crippen LogP contribution is -2.11. The van der Waals surface area contributed by atoms with Crippen LogP contribution >= 0.6 is 0 Å². The molecular formula is C12H18N2O3. The second-order valence-electron chi connectivity index (χ2n) is 3.48. The summed E-state index contributed by atoms with van der Waals surface area (Å²) >= 11 is 0. The van der Waals surface area contributed by atoms with Crippen molar-refractivity contribution < 1.29 is 14.3 Å². The van der Waals surface area contributed by atoms with Crippen molar-refractivity contribution in [3.05, 3.63) is 18.2 Å². The normalized spacial score (nSPS) is 9.76. The number of ether oxygens (including phenoxy) is 2. The standard InChI is InChI=1S/C12H18N2O3/c1-3-17-12(15)4-5-14-10-6-9(13)7-11(8-10)16-2/h6-8,14H,3-5,13H2,1-2H3. The topological polar surface area (TPSA) is 73.6 Å². The van der Waals surface area contributed by atoms with Crippen LogP contribution < -0.4 is 15.8 Å². The lowest BCUT2D eigenvalue weighted by molar-refractivity contribution is -0.142. The molecule has 0 radical (unpaired) electrons. The number of hydrogen-bond acceptors (Lipinski definition) is 5. The van der Waals surface area contributed by atoms with Crippen molar-refractivity contribution in [1.29, 1.82) is 0 Å². The molecule has 0 heterocycles. The highest BCUT2D eigenvalue weighted by Gasteiger charge is 2.02. The molecule has 0 aliphatic heterocycles. The highest BCUT2D eigenvalue weighted by Crippen LogP contribution is 2.21. The first-order chi connectivity index (χ1) is 8.15. The predicted molar refractivity (Wildman–Crippen MR) is 67.1 cm³/mol. The van der Waals surface area contributed by atoms with Gasteiger partial charge >= 0.3 is 5.97 Å². The second-order valence-corrected chi connectivity index (χ2v) is 3.48. The monoisotopic (exact) mass is 238 g/mol. The Morgan fingerprint density at radius 3 is 2.82 bits per heavy atom. The Morgan fingerprint density at radius 1 is 1.41 bits per heavy atom. The van der Waals surface area contributed by atoms with Gasteiger partial charge in [-0.2, -0.15) is 0 Å². The summed E-state index contributed by atoms with van der Waals surface area (Å²) in [5, 5.41) is 3.09. The zero-order valence-corrected chi connectivity index (χ0v) is 10.2. The summed E-state index contributed by atoms with van der Waals surface area (Å²) in [6.45, 7) is 2.70. The van der Waals surface area contributed by atoms with E-state index >= 15 is 0 Å². The molecule has 3 N–H and O–H groups in total. The third kappa shape index (κ3) is 4.63. The van der Waals surface area contributed by atoms with Gasteiger partial charge in [-0.1, -0.05) is 0 Å². The smallest absolute Gasteiger partial charge is 0.307 e. The van der Waals surface area contributed by atoms with Crippen LogP contribution in [0.3, 0.4) is 0 Å². The van der Waals surface area contributed by atoms with Gasteiger partial charge in [0.1, 0.15) is 5.75 Å². The molecule has 0 unspecified atom stereocenters. The summed E-state index contributed by atoms with van der Waals surface area (Å²) in [6, 6.07) is 5.34. The molecular weight excluding hydrogens is 220 g/mol. The molecule has 0 atom stereocenters. The maximum atomic E-state index is 11.1. The molecule has 1 aromatic rings. The number of carbonyl (C=O) groups excluding carboxylic acids is 1. The van der Waals surface area contributed by atoms with Crippen molar-refractivity contribution in [3.63, 3.8) is 0 Å². The Balaban J connectivity index is 2.46. The molecule has 0 bridgehead atoms. The average molecular weight is 238 g/mol. The Bertz CT molecular complexity index is 380. The van der Waals surface area contributed by atoms with Crippen LogP contribution in [0.25, 0.3) is 0 Å². The van der Waals surface area contributed by atoms with Crippen molar-refractivity contribution >= 4 is 17.3 Å². The van der Waals surface area contributed by atoms with Crippen LogP contribution in [0.5, 0.6) is 5.75 Å². The molecule has 0 spiro atoms. The molecule has 5 nitrogen and oxygen atoms in total. The molecule has 0 aliphatic carbocycles. The summed E-state index contributed by atoms with van der Waals surface area (Å²) in [5.74, 6) is 0.472. The van der Waals surface area contributed by atoms with Crippen molar-refractivity contribution in [2.24, 2.45) is 0 Å². The van der Waals surface area contributed by atoms with Crippen LogP contribution in [0, 0.1) is 0 Å². The van der Waals surface area contributed by atoms with Gasteiger partial charge in [0.05, 0.1) is 20.1 Å². The molecule has 0 amide bonds. The summed E-state index contributed by atoms with van der Waals surface area (Å²) < 4.78 is 9.91. The third-order valence-electron chi connectivity index (χ3n) is 2.13. The van der Waals surface area contributed by atoms with Crippen molar-refractivity contribution in [2.45, 2.75) is 13.3 Å². The Labute approximate surface area is 101 Å². The molecule has 0 aromatic heterocycles. The van der Waals surface area contributed by atoms with Gasteiger partial charge < -0.3 is 20.5 Å². The molecule has 5 heteroatoms. The summed E-state index contributed by atoms with van der Waals surface area (Å²) in [5.41, 5.74) is 7.14. The van der Waals surface area contributed by atoms with Gasteiger partial charge in [0, 0.05) is 30.1 Å². The van der Waals surface area contributed by atoms with E-state index in [9.17, 15) is 4.79 Å². The lowest BCUT2D eigenvalue weighted by atomic mass is 10.2. The fraction of sp³-hybridized carbons (Fsp3) is 0.417. The molecule has 1 rings (SSSR count). The SMILES string of the molecule is CCOC(=O)CCNc1cc(N)cc(OC)c1. The number of nitrogen functional groups attached to an aromatic ring is 1. The third-order valence-corrected chi connectivity index (χ3v) is 2.13. The van der Waals surface area contributed by atoms with Crippen molar-refractivity contribution in [3.8, 4) is 5.75 Å². The van der Waals surface area contributed by atoms with E-state index in [0.717, 1.165) is 5.69 Å². The molecule has 0 saturated carbocycles. The second kappa shape index (κ2) is 6.62. The number of nitrogens with one attached hydrogen (secondary N) is 1. The van der Waals surface area contributed by atoms with Gasteiger partial charge in [-0.3, -0.25) is 4.79 Å². The maximum Gasteiger partial charge on any atom is 0.307 e. The van der Waals surface area contributed by atoms with E-state index in [-0.39, 0.29) is 5.97 Å². The quantitative estimate of drug-likeness (QED) is 0.582. The van der Waals surface area contributed by atoms with E-state index < -0.39 is 0 Å². The van der Waals surface area contributed by atoms with E-state index in [0.29, 0.717) is 31.0 Å². The highest BCUT2D eigenvalue weighted by atomic mass is 16.5. The van der Waals surface area contributed by atoms with Crippen molar-refractivity contribution in [2.75, 3.05) is 31.3 Å². The minimum Gasteiger partial charge on any atom is -0.497 e. The molecule has 94 valence electrons. The first-order valence-electron chi connectivity index (χ1n) is 5.49. The number of nitrogens with two attached hydrogens (primary N) is 1. The first-order valence-corrected chi connectivity index (χ1v) is 5.49. The van der Waals surface area contributed by atoms with Gasteiger partial charge in [0.15, 0.2) is 0 Å². The zero-order chi connectivity index (χ0) is 12.7. The fourth-order valence-electron chi connectivity index (χ4n) is 1.38. The summed E-state index contributed by atoms with van der Waals surface area (Å²) in [7, 11) is 1.58. The number of carbonyl (C=O) groups is 1. The van der Waals surface area contributed by atoms with Gasteiger partial charge in [0.2, 0.25) is 0 Å². The number of rotatable bonds is 6. The number of benzene rings is 1. The van der Waals surface area contributed by atoms with E-state index in [2.05, 4.69) is 5.32 Å². The average Bonchev–Trinajstić information content (AvgIpc) is 2.28. The first kappa shape index (κ1) is 13.2. The van der Waals surface area contributed by atoms with Crippen LogP contribution in [0.4, 0.5) is 11.4 Å². The number of anilines is 2. The van der Waals surface area contributed by atoms with Gasteiger partial charge in [-0.25, -0.2) is 0 Å². The Kier molecular flexibility index (Phi) is 5.13. The van der Waals surface area contributed by atoms with Crippen LogP contribution in [0.1, 0.15) is 13.3 Å². The minimum atomic E-state index is -0.212. The highest BCUT2D eigenvalue weighted by molar-refractivity contribution is 5.70. The van der Waals surface area contributed by atoms with Gasteiger partial charge in [-0.15, -0.1) is 0 Å². The van der Waals surface area contributed by atoms with E-state index in [1.807, 2.05) is 6.07 Å². The maximum absolute atomic E-state index is 11.1. The largest absolute Gasteiger partial charge is 0.497 e. The number of esters is 1. The Morgan fingerprint density at radius 2 is 2.18 bits per heavy atom. The van der Waals surface area contributed by atoms with Gasteiger partial charge in [-0.05, 0) is 13.0 Å². The van der Waals surface area contributed by atoms with Crippen LogP contribution in [-0.2, 0) is 9.53 Å². The minimum absolute atomic E-state index is 0.212. The molecule has 0 saturated heterocycles. The molecule has 0 fully saturated rings.